The molecule has 0 bridgehead atoms. The lowest BCUT2D eigenvalue weighted by atomic mass is 10.4. The van der Waals surface area contributed by atoms with E-state index in [1.54, 1.807) is 19.2 Å². The molecule has 0 aliphatic carbocycles. The molecule has 0 fully saturated rings. The van der Waals surface area contributed by atoms with E-state index in [0.29, 0.717) is 10.8 Å². The Hall–Kier alpha value is -1.67. The molecule has 0 aromatic carbocycles. The highest BCUT2D eigenvalue weighted by molar-refractivity contribution is 9.11. The van der Waals surface area contributed by atoms with E-state index in [0.717, 1.165) is 15.2 Å². The number of nitrogens with one attached hydrogen (secondary N) is 1. The zero-order chi connectivity index (χ0) is 16.3. The molecule has 2 rings (SSSR count). The van der Waals surface area contributed by atoms with Crippen LogP contribution in [0.3, 0.4) is 0 Å². The number of thiophene rings is 1. The molecular formula is C14H16BrN3O3S. The number of carbonyl (C=O) groups is 2. The third-order valence-corrected chi connectivity index (χ3v) is 4.63. The lowest BCUT2D eigenvalue weighted by Crippen LogP contribution is -2.37. The second-order valence-electron chi connectivity index (χ2n) is 4.79. The van der Waals surface area contributed by atoms with Crippen molar-refractivity contribution in [3.8, 4) is 0 Å². The molecule has 1 N–H and O–H groups in total. The van der Waals surface area contributed by atoms with Gasteiger partial charge in [-0.25, -0.2) is 4.98 Å². The summed E-state index contributed by atoms with van der Waals surface area (Å²) in [5.41, 5.74) is 0.805. The van der Waals surface area contributed by atoms with Crippen molar-refractivity contribution in [1.29, 1.82) is 0 Å². The van der Waals surface area contributed by atoms with Crippen LogP contribution in [-0.4, -0.2) is 35.3 Å². The average Bonchev–Trinajstić information content (AvgIpc) is 3.02. The number of nitrogens with zero attached hydrogens (tertiary/aromatic N) is 2. The third kappa shape index (κ3) is 4.17. The van der Waals surface area contributed by atoms with Gasteiger partial charge in [-0.3, -0.25) is 9.59 Å². The monoisotopic (exact) mass is 385 g/mol. The van der Waals surface area contributed by atoms with Crippen LogP contribution >= 0.6 is 27.3 Å². The van der Waals surface area contributed by atoms with Crippen LogP contribution in [-0.2, 0) is 11.3 Å². The second kappa shape index (κ2) is 7.06. The van der Waals surface area contributed by atoms with Crippen LogP contribution in [0.5, 0.6) is 0 Å². The Morgan fingerprint density at radius 1 is 1.41 bits per heavy atom. The number of rotatable bonds is 5. The fourth-order valence-corrected chi connectivity index (χ4v) is 3.13. The number of aromatic nitrogens is 1. The van der Waals surface area contributed by atoms with E-state index in [9.17, 15) is 9.59 Å². The Balaban J connectivity index is 1.84. The van der Waals surface area contributed by atoms with Gasteiger partial charge in [-0.15, -0.1) is 11.3 Å². The van der Waals surface area contributed by atoms with Crippen molar-refractivity contribution in [2.45, 2.75) is 20.4 Å². The zero-order valence-electron chi connectivity index (χ0n) is 12.5. The summed E-state index contributed by atoms with van der Waals surface area (Å²) in [6.07, 6.45) is 0. The first kappa shape index (κ1) is 16.7. The zero-order valence-corrected chi connectivity index (χ0v) is 14.9. The SMILES string of the molecule is Cc1nc(CNC(=O)CN(C)C(=O)c2ccc(Br)s2)oc1C. The molecule has 2 aromatic rings. The van der Waals surface area contributed by atoms with E-state index in [1.165, 1.54) is 16.2 Å². The summed E-state index contributed by atoms with van der Waals surface area (Å²) in [5, 5.41) is 2.69. The molecule has 2 heterocycles. The Labute approximate surface area is 140 Å². The highest BCUT2D eigenvalue weighted by Crippen LogP contribution is 2.22. The molecule has 118 valence electrons. The predicted molar refractivity (Wildman–Crippen MR) is 86.8 cm³/mol. The lowest BCUT2D eigenvalue weighted by molar-refractivity contribution is -0.121. The van der Waals surface area contributed by atoms with Gasteiger partial charge in [0.05, 0.1) is 27.4 Å². The molecule has 0 atom stereocenters. The van der Waals surface area contributed by atoms with Gasteiger partial charge in [-0.2, -0.15) is 0 Å². The van der Waals surface area contributed by atoms with Crippen molar-refractivity contribution in [3.05, 3.63) is 38.1 Å². The van der Waals surface area contributed by atoms with Gasteiger partial charge in [0.25, 0.3) is 5.91 Å². The first-order valence-electron chi connectivity index (χ1n) is 6.57. The summed E-state index contributed by atoms with van der Waals surface area (Å²) in [6, 6.07) is 3.53. The Morgan fingerprint density at radius 3 is 2.68 bits per heavy atom. The maximum absolute atomic E-state index is 12.1. The minimum atomic E-state index is -0.264. The summed E-state index contributed by atoms with van der Waals surface area (Å²) in [6.45, 7) is 3.85. The Morgan fingerprint density at radius 2 is 2.14 bits per heavy atom. The highest BCUT2D eigenvalue weighted by Gasteiger charge is 2.17. The maximum atomic E-state index is 12.1. The average molecular weight is 386 g/mol. The quantitative estimate of drug-likeness (QED) is 0.857. The summed E-state index contributed by atoms with van der Waals surface area (Å²) in [4.78, 5) is 30.1. The van der Waals surface area contributed by atoms with Crippen LogP contribution in [0.4, 0.5) is 0 Å². The summed E-state index contributed by atoms with van der Waals surface area (Å²) >= 11 is 4.64. The van der Waals surface area contributed by atoms with E-state index in [2.05, 4.69) is 26.2 Å². The van der Waals surface area contributed by atoms with Gasteiger partial charge in [0.1, 0.15) is 5.76 Å². The fourth-order valence-electron chi connectivity index (χ4n) is 1.75. The minimum absolute atomic E-state index is 0.0208. The molecule has 6 nitrogen and oxygen atoms in total. The molecule has 0 spiro atoms. The van der Waals surface area contributed by atoms with Gasteiger partial charge < -0.3 is 14.6 Å². The van der Waals surface area contributed by atoms with Crippen molar-refractivity contribution in [3.63, 3.8) is 0 Å². The van der Waals surface area contributed by atoms with Crippen molar-refractivity contribution < 1.29 is 14.0 Å². The molecule has 0 unspecified atom stereocenters. The van der Waals surface area contributed by atoms with Gasteiger partial charge >= 0.3 is 0 Å². The van der Waals surface area contributed by atoms with E-state index in [4.69, 9.17) is 4.42 Å². The van der Waals surface area contributed by atoms with E-state index >= 15 is 0 Å². The molecular weight excluding hydrogens is 370 g/mol. The number of aryl methyl sites for hydroxylation is 2. The third-order valence-electron chi connectivity index (χ3n) is 3.02. The number of likely N-dealkylation sites (N-methyl/N-ethyl adjacent to an activating group) is 1. The molecule has 2 aromatic heterocycles. The van der Waals surface area contributed by atoms with Gasteiger partial charge in [-0.05, 0) is 41.9 Å². The van der Waals surface area contributed by atoms with Crippen LogP contribution in [0.1, 0.15) is 27.0 Å². The van der Waals surface area contributed by atoms with E-state index in [1.807, 2.05) is 13.8 Å². The molecule has 0 saturated heterocycles. The molecule has 0 aliphatic rings. The number of carbonyl (C=O) groups excluding carboxylic acids is 2. The van der Waals surface area contributed by atoms with Gasteiger partial charge in [-0.1, -0.05) is 0 Å². The Bertz CT molecular complexity index is 676. The predicted octanol–water partition coefficient (Wildman–Crippen LogP) is 2.50. The molecule has 0 saturated carbocycles. The fraction of sp³-hybridized carbons (Fsp3) is 0.357. The normalized spacial score (nSPS) is 10.5. The minimum Gasteiger partial charge on any atom is -0.444 e. The summed E-state index contributed by atoms with van der Waals surface area (Å²) in [5.74, 6) is 0.743. The molecule has 2 amide bonds. The number of amides is 2. The first-order chi connectivity index (χ1) is 10.4. The van der Waals surface area contributed by atoms with Crippen molar-refractivity contribution in [2.24, 2.45) is 0 Å². The van der Waals surface area contributed by atoms with Crippen molar-refractivity contribution in [1.82, 2.24) is 15.2 Å². The second-order valence-corrected chi connectivity index (χ2v) is 7.25. The van der Waals surface area contributed by atoms with E-state index < -0.39 is 0 Å². The van der Waals surface area contributed by atoms with Crippen LogP contribution in [0.15, 0.2) is 20.3 Å². The smallest absolute Gasteiger partial charge is 0.264 e. The lowest BCUT2D eigenvalue weighted by Gasteiger charge is -2.15. The summed E-state index contributed by atoms with van der Waals surface area (Å²) < 4.78 is 6.26. The van der Waals surface area contributed by atoms with Crippen LogP contribution < -0.4 is 5.32 Å². The molecule has 8 heteroatoms. The number of oxazole rings is 1. The topological polar surface area (TPSA) is 75.4 Å². The number of halogens is 1. The largest absolute Gasteiger partial charge is 0.444 e. The first-order valence-corrected chi connectivity index (χ1v) is 8.18. The van der Waals surface area contributed by atoms with Crippen LogP contribution in [0, 0.1) is 13.8 Å². The van der Waals surface area contributed by atoms with Gasteiger partial charge in [0.2, 0.25) is 11.8 Å². The molecule has 0 aliphatic heterocycles. The molecule has 0 radical (unpaired) electrons. The van der Waals surface area contributed by atoms with Gasteiger partial charge in [0.15, 0.2) is 0 Å². The number of hydrogen-bond acceptors (Lipinski definition) is 5. The highest BCUT2D eigenvalue weighted by atomic mass is 79.9. The number of hydrogen-bond donors (Lipinski definition) is 1. The summed E-state index contributed by atoms with van der Waals surface area (Å²) in [7, 11) is 1.59. The van der Waals surface area contributed by atoms with Crippen molar-refractivity contribution in [2.75, 3.05) is 13.6 Å². The van der Waals surface area contributed by atoms with Crippen LogP contribution in [0.2, 0.25) is 0 Å². The Kier molecular flexibility index (Phi) is 5.36. The van der Waals surface area contributed by atoms with Crippen LogP contribution in [0.25, 0.3) is 0 Å². The van der Waals surface area contributed by atoms with E-state index in [-0.39, 0.29) is 24.9 Å². The van der Waals surface area contributed by atoms with Gasteiger partial charge in [0, 0.05) is 7.05 Å². The maximum Gasteiger partial charge on any atom is 0.264 e. The standard InChI is InChI=1S/C14H16BrN3O3S/c1-8-9(2)21-13(17-8)6-16-12(19)7-18(3)14(20)10-4-5-11(15)22-10/h4-5H,6-7H2,1-3H3,(H,16,19). The van der Waals surface area contributed by atoms with Crippen molar-refractivity contribution >= 4 is 39.1 Å². The molecule has 22 heavy (non-hydrogen) atoms.